The number of benzene rings is 1. The molecule has 2 aromatic rings. The van der Waals surface area contributed by atoms with E-state index in [4.69, 9.17) is 4.55 Å². The topological polar surface area (TPSA) is 87.5 Å². The lowest BCUT2D eigenvalue weighted by atomic mass is 10.1. The van der Waals surface area contributed by atoms with E-state index in [0.717, 1.165) is 5.69 Å². The summed E-state index contributed by atoms with van der Waals surface area (Å²) >= 11 is 0. The van der Waals surface area contributed by atoms with E-state index in [1.165, 1.54) is 12.1 Å². The van der Waals surface area contributed by atoms with Gasteiger partial charge >= 0.3 is 0 Å². The molecule has 0 radical (unpaired) electrons. The van der Waals surface area contributed by atoms with Crippen molar-refractivity contribution in [1.82, 2.24) is 4.98 Å². The van der Waals surface area contributed by atoms with E-state index >= 15 is 0 Å². The van der Waals surface area contributed by atoms with Gasteiger partial charge in [-0.3, -0.25) is 9.54 Å². The summed E-state index contributed by atoms with van der Waals surface area (Å²) in [7, 11) is -4.50. The summed E-state index contributed by atoms with van der Waals surface area (Å²) in [6, 6.07) is 8.07. The molecule has 0 saturated heterocycles. The van der Waals surface area contributed by atoms with Crippen LogP contribution in [0.15, 0.2) is 30.3 Å². The fraction of sp³-hybridized carbons (Fsp3) is 0.182. The number of nitrogens with zero attached hydrogens (tertiary/aromatic N) is 1. The Hall–Kier alpha value is -1.50. The van der Waals surface area contributed by atoms with Gasteiger partial charge in [0.2, 0.25) is 5.44 Å². The zero-order chi connectivity index (χ0) is 12.6. The minimum Gasteiger partial charge on any atom is -0.371 e. The molecule has 1 atom stereocenters. The average molecular weight is 253 g/mol. The molecular weight excluding hydrogens is 242 g/mol. The lowest BCUT2D eigenvalue weighted by molar-refractivity contribution is 0.238. The molecule has 0 saturated carbocycles. The number of aliphatic hydroxyl groups is 1. The zero-order valence-electron chi connectivity index (χ0n) is 9.03. The molecule has 90 valence electrons. The number of pyridine rings is 1. The molecule has 0 amide bonds. The molecule has 0 spiro atoms. The molecule has 1 unspecified atom stereocenters. The van der Waals surface area contributed by atoms with Crippen LogP contribution < -0.4 is 0 Å². The first-order valence-corrected chi connectivity index (χ1v) is 6.40. The minimum atomic E-state index is -4.50. The Morgan fingerprint density at radius 2 is 1.94 bits per heavy atom. The van der Waals surface area contributed by atoms with Crippen molar-refractivity contribution in [3.8, 4) is 0 Å². The number of aliphatic hydroxyl groups excluding tert-OH is 1. The van der Waals surface area contributed by atoms with Crippen LogP contribution in [0.25, 0.3) is 10.9 Å². The third-order valence-electron chi connectivity index (χ3n) is 2.42. The lowest BCUT2D eigenvalue weighted by Crippen LogP contribution is -2.11. The first kappa shape index (κ1) is 12.0. The molecule has 2 rings (SSSR count). The van der Waals surface area contributed by atoms with Crippen LogP contribution in [-0.2, 0) is 10.1 Å². The van der Waals surface area contributed by atoms with Crippen LogP contribution in [0.4, 0.5) is 0 Å². The molecule has 0 bridgehead atoms. The molecule has 6 heteroatoms. The summed E-state index contributed by atoms with van der Waals surface area (Å²) < 4.78 is 30.4. The van der Waals surface area contributed by atoms with Gasteiger partial charge in [-0.25, -0.2) is 0 Å². The Labute approximate surface area is 98.5 Å². The molecule has 0 aliphatic heterocycles. The molecular formula is C11H11NO4S. The number of hydrogen-bond acceptors (Lipinski definition) is 4. The van der Waals surface area contributed by atoms with Crippen molar-refractivity contribution in [3.63, 3.8) is 0 Å². The summed E-state index contributed by atoms with van der Waals surface area (Å²) in [4.78, 5) is 4.24. The summed E-state index contributed by atoms with van der Waals surface area (Å²) in [5, 5.41) is 10.1. The normalized spacial score (nSPS) is 13.8. The third kappa shape index (κ3) is 2.44. The zero-order valence-corrected chi connectivity index (χ0v) is 9.85. The number of rotatable bonds is 2. The van der Waals surface area contributed by atoms with Gasteiger partial charge in [-0.1, -0.05) is 12.1 Å². The first-order chi connectivity index (χ1) is 7.88. The SMILES string of the molecule is Cc1ccc2cc(C(O)S(=O)(=O)O)ccc2n1. The Balaban J connectivity index is 2.56. The van der Waals surface area contributed by atoms with Gasteiger partial charge in [0.1, 0.15) is 0 Å². The van der Waals surface area contributed by atoms with Crippen molar-refractivity contribution in [1.29, 1.82) is 0 Å². The van der Waals surface area contributed by atoms with Crippen LogP contribution in [0.5, 0.6) is 0 Å². The Morgan fingerprint density at radius 1 is 1.24 bits per heavy atom. The second-order valence-electron chi connectivity index (χ2n) is 3.77. The lowest BCUT2D eigenvalue weighted by Gasteiger charge is -2.08. The highest BCUT2D eigenvalue weighted by atomic mass is 32.2. The van der Waals surface area contributed by atoms with Gasteiger partial charge in [0.05, 0.1) is 5.52 Å². The van der Waals surface area contributed by atoms with E-state index in [0.29, 0.717) is 10.9 Å². The molecule has 2 N–H and O–H groups in total. The van der Waals surface area contributed by atoms with E-state index in [-0.39, 0.29) is 5.56 Å². The summed E-state index contributed by atoms with van der Waals surface area (Å²) in [6.07, 6.45) is 0. The van der Waals surface area contributed by atoms with Crippen molar-refractivity contribution in [2.24, 2.45) is 0 Å². The molecule has 0 aliphatic rings. The van der Waals surface area contributed by atoms with Crippen molar-refractivity contribution in [3.05, 3.63) is 41.6 Å². The van der Waals surface area contributed by atoms with Crippen molar-refractivity contribution < 1.29 is 18.1 Å². The fourth-order valence-corrected chi connectivity index (χ4v) is 2.06. The Kier molecular flexibility index (Phi) is 2.86. The van der Waals surface area contributed by atoms with E-state index in [9.17, 15) is 13.5 Å². The molecule has 0 aliphatic carbocycles. The van der Waals surface area contributed by atoms with Crippen LogP contribution in [0.2, 0.25) is 0 Å². The first-order valence-electron chi connectivity index (χ1n) is 4.89. The average Bonchev–Trinajstić information content (AvgIpc) is 2.26. The monoisotopic (exact) mass is 253 g/mol. The summed E-state index contributed by atoms with van der Waals surface area (Å²) in [6.45, 7) is 1.85. The molecule has 5 nitrogen and oxygen atoms in total. The van der Waals surface area contributed by atoms with Gasteiger partial charge in [0, 0.05) is 11.1 Å². The maximum atomic E-state index is 10.8. The molecule has 1 aromatic carbocycles. The smallest absolute Gasteiger partial charge is 0.296 e. The van der Waals surface area contributed by atoms with Crippen LogP contribution in [0.1, 0.15) is 16.7 Å². The largest absolute Gasteiger partial charge is 0.371 e. The molecule has 17 heavy (non-hydrogen) atoms. The maximum absolute atomic E-state index is 10.8. The van der Waals surface area contributed by atoms with Crippen LogP contribution in [0, 0.1) is 6.92 Å². The summed E-state index contributed by atoms with van der Waals surface area (Å²) in [5.74, 6) is 0. The van der Waals surface area contributed by atoms with Crippen LogP contribution >= 0.6 is 0 Å². The number of hydrogen-bond donors (Lipinski definition) is 2. The van der Waals surface area contributed by atoms with E-state index in [1.54, 1.807) is 18.2 Å². The van der Waals surface area contributed by atoms with Crippen LogP contribution in [0.3, 0.4) is 0 Å². The Morgan fingerprint density at radius 3 is 2.59 bits per heavy atom. The standard InChI is InChI=1S/C11H11NO4S/c1-7-2-3-8-6-9(4-5-10(8)12-7)11(13)17(14,15)16/h2-6,11,13H,1H3,(H,14,15,16). The quantitative estimate of drug-likeness (QED) is 0.790. The summed E-state index contributed by atoms with van der Waals surface area (Å²) in [5.41, 5.74) is -0.254. The van der Waals surface area contributed by atoms with Gasteiger partial charge in [0.25, 0.3) is 10.1 Å². The third-order valence-corrected chi connectivity index (χ3v) is 3.26. The van der Waals surface area contributed by atoms with Crippen molar-refractivity contribution >= 4 is 21.0 Å². The number of aryl methyl sites for hydroxylation is 1. The minimum absolute atomic E-state index is 0.116. The molecule has 1 aromatic heterocycles. The second-order valence-corrected chi connectivity index (χ2v) is 5.25. The molecule has 0 fully saturated rings. The second kappa shape index (κ2) is 4.06. The molecule has 1 heterocycles. The predicted octanol–water partition coefficient (Wildman–Crippen LogP) is 1.42. The van der Waals surface area contributed by atoms with Crippen LogP contribution in [-0.4, -0.2) is 23.1 Å². The van der Waals surface area contributed by atoms with Gasteiger partial charge < -0.3 is 5.11 Å². The highest BCUT2D eigenvalue weighted by Crippen LogP contribution is 2.22. The maximum Gasteiger partial charge on any atom is 0.296 e. The van der Waals surface area contributed by atoms with E-state index in [2.05, 4.69) is 4.98 Å². The number of fused-ring (bicyclic) bond motifs is 1. The number of aromatic nitrogens is 1. The highest BCUT2D eigenvalue weighted by molar-refractivity contribution is 7.85. The van der Waals surface area contributed by atoms with E-state index in [1.807, 2.05) is 6.92 Å². The van der Waals surface area contributed by atoms with E-state index < -0.39 is 15.6 Å². The van der Waals surface area contributed by atoms with Gasteiger partial charge in [-0.15, -0.1) is 0 Å². The fourth-order valence-electron chi connectivity index (χ4n) is 1.57. The van der Waals surface area contributed by atoms with Gasteiger partial charge in [-0.05, 0) is 30.7 Å². The van der Waals surface area contributed by atoms with Gasteiger partial charge in [0.15, 0.2) is 0 Å². The predicted molar refractivity (Wildman–Crippen MR) is 63.0 cm³/mol. The van der Waals surface area contributed by atoms with Crippen molar-refractivity contribution in [2.75, 3.05) is 0 Å². The van der Waals surface area contributed by atoms with Crippen molar-refractivity contribution in [2.45, 2.75) is 12.4 Å². The van der Waals surface area contributed by atoms with Gasteiger partial charge in [-0.2, -0.15) is 8.42 Å². The Bertz CT molecular complexity index is 666. The highest BCUT2D eigenvalue weighted by Gasteiger charge is 2.21.